The molecular weight excluding hydrogens is 330 g/mol. The zero-order valence-electron chi connectivity index (χ0n) is 13.5. The highest BCUT2D eigenvalue weighted by Gasteiger charge is 2.25. The van der Waals surface area contributed by atoms with Crippen LogP contribution >= 0.6 is 0 Å². The second-order valence-corrected chi connectivity index (χ2v) is 6.86. The predicted octanol–water partition coefficient (Wildman–Crippen LogP) is 2.37. The number of aryl methyl sites for hydroxylation is 2. The molecule has 0 aliphatic heterocycles. The number of hydrogen-bond acceptors (Lipinski definition) is 6. The number of rotatable bonds is 5. The summed E-state index contributed by atoms with van der Waals surface area (Å²) in [5, 5.41) is 8.00. The van der Waals surface area contributed by atoms with Gasteiger partial charge in [-0.25, -0.2) is 8.42 Å². The molecule has 0 amide bonds. The number of anilines is 1. The van der Waals surface area contributed by atoms with E-state index in [0.29, 0.717) is 29.3 Å². The minimum Gasteiger partial charge on any atom is -0.354 e. The molecule has 3 aromatic heterocycles. The largest absolute Gasteiger partial charge is 0.354 e. The van der Waals surface area contributed by atoms with Crippen LogP contribution in [0.4, 0.5) is 5.82 Å². The van der Waals surface area contributed by atoms with Gasteiger partial charge in [0.15, 0.2) is 11.6 Å². The van der Waals surface area contributed by atoms with E-state index in [1.165, 1.54) is 6.07 Å². The van der Waals surface area contributed by atoms with Crippen molar-refractivity contribution in [2.45, 2.75) is 32.2 Å². The first-order valence-electron chi connectivity index (χ1n) is 7.36. The summed E-state index contributed by atoms with van der Waals surface area (Å²) in [5.74, 6) is 0.537. The maximum Gasteiger partial charge on any atom is 0.266 e. The lowest BCUT2D eigenvalue weighted by molar-refractivity contribution is 0.435. The average Bonchev–Trinajstić information content (AvgIpc) is 3.12. The number of nitrogens with one attached hydrogen (secondary N) is 1. The minimum atomic E-state index is -3.80. The first-order chi connectivity index (χ1) is 11.4. The van der Waals surface area contributed by atoms with Crippen LogP contribution in [-0.2, 0) is 16.6 Å². The molecule has 9 heteroatoms. The van der Waals surface area contributed by atoms with Crippen molar-refractivity contribution < 1.29 is 12.9 Å². The molecule has 0 radical (unpaired) electrons. The van der Waals surface area contributed by atoms with Crippen molar-refractivity contribution in [3.05, 3.63) is 42.0 Å². The van der Waals surface area contributed by atoms with E-state index in [-0.39, 0.29) is 10.7 Å². The summed E-state index contributed by atoms with van der Waals surface area (Å²) in [6.45, 7) is 5.89. The van der Waals surface area contributed by atoms with Gasteiger partial charge in [0.05, 0.1) is 11.4 Å². The second kappa shape index (κ2) is 6.08. The molecule has 0 saturated carbocycles. The number of aromatic nitrogens is 4. The van der Waals surface area contributed by atoms with Crippen LogP contribution in [-0.4, -0.2) is 28.3 Å². The predicted molar refractivity (Wildman–Crippen MR) is 87.9 cm³/mol. The molecule has 0 aromatic carbocycles. The molecule has 8 nitrogen and oxygen atoms in total. The topological polar surface area (TPSA) is 103 Å². The molecule has 0 atom stereocenters. The second-order valence-electron chi connectivity index (χ2n) is 5.24. The van der Waals surface area contributed by atoms with Crippen LogP contribution in [0, 0.1) is 13.8 Å². The molecule has 0 unspecified atom stereocenters. The number of pyridine rings is 1. The molecule has 0 bridgehead atoms. The Morgan fingerprint density at radius 1 is 1.33 bits per heavy atom. The van der Waals surface area contributed by atoms with Crippen LogP contribution in [0.5, 0.6) is 0 Å². The highest BCUT2D eigenvalue weighted by atomic mass is 32.2. The number of nitrogens with zero attached hydrogens (tertiary/aromatic N) is 4. The van der Waals surface area contributed by atoms with Crippen molar-refractivity contribution in [1.29, 1.82) is 0 Å². The van der Waals surface area contributed by atoms with Gasteiger partial charge >= 0.3 is 0 Å². The molecule has 0 saturated heterocycles. The van der Waals surface area contributed by atoms with Crippen molar-refractivity contribution in [2.24, 2.45) is 0 Å². The zero-order chi connectivity index (χ0) is 17.3. The van der Waals surface area contributed by atoms with Crippen LogP contribution in [0.25, 0.3) is 11.3 Å². The van der Waals surface area contributed by atoms with Gasteiger partial charge in [-0.15, -0.1) is 0 Å². The molecule has 0 aliphatic carbocycles. The van der Waals surface area contributed by atoms with Gasteiger partial charge in [0, 0.05) is 30.6 Å². The van der Waals surface area contributed by atoms with E-state index < -0.39 is 10.0 Å². The molecule has 0 aliphatic rings. The molecule has 1 N–H and O–H groups in total. The molecule has 126 valence electrons. The fourth-order valence-corrected chi connectivity index (χ4v) is 3.93. The average molecular weight is 347 g/mol. The van der Waals surface area contributed by atoms with E-state index in [2.05, 4.69) is 20.0 Å². The van der Waals surface area contributed by atoms with Gasteiger partial charge in [0.1, 0.15) is 4.90 Å². The third-order valence-electron chi connectivity index (χ3n) is 3.58. The first kappa shape index (κ1) is 16.2. The van der Waals surface area contributed by atoms with Crippen LogP contribution in [0.1, 0.15) is 18.3 Å². The summed E-state index contributed by atoms with van der Waals surface area (Å²) in [6, 6.07) is 5.07. The Morgan fingerprint density at radius 2 is 2.12 bits per heavy atom. The van der Waals surface area contributed by atoms with Crippen molar-refractivity contribution >= 4 is 15.8 Å². The summed E-state index contributed by atoms with van der Waals surface area (Å²) in [5.41, 5.74) is 1.73. The Kier molecular flexibility index (Phi) is 4.10. The van der Waals surface area contributed by atoms with Gasteiger partial charge in [-0.1, -0.05) is 5.16 Å². The summed E-state index contributed by atoms with van der Waals surface area (Å²) in [6.07, 6.45) is 3.25. The van der Waals surface area contributed by atoms with Crippen LogP contribution in [0.2, 0.25) is 0 Å². The Hall–Kier alpha value is -2.68. The number of sulfonamides is 1. The van der Waals surface area contributed by atoms with E-state index in [1.807, 2.05) is 6.92 Å². The van der Waals surface area contributed by atoms with E-state index in [1.54, 1.807) is 43.1 Å². The van der Waals surface area contributed by atoms with Crippen LogP contribution in [0.3, 0.4) is 0 Å². The van der Waals surface area contributed by atoms with Crippen molar-refractivity contribution in [1.82, 2.24) is 19.9 Å². The highest BCUT2D eigenvalue weighted by Crippen LogP contribution is 2.25. The third kappa shape index (κ3) is 2.90. The SMILES string of the molecule is CCn1nc(C)c(S(=O)(=O)Nc2cc(-c3cccnc3)on2)c1C. The molecule has 24 heavy (non-hydrogen) atoms. The maximum absolute atomic E-state index is 12.7. The molecular formula is C15H17N5O3S. The van der Waals surface area contributed by atoms with Gasteiger partial charge in [0.25, 0.3) is 10.0 Å². The van der Waals surface area contributed by atoms with Gasteiger partial charge in [0.2, 0.25) is 0 Å². The Balaban J connectivity index is 1.91. The standard InChI is InChI=1S/C15H17N5O3S/c1-4-20-11(3)15(10(2)17-20)24(21,22)19-14-8-13(23-18-14)12-6-5-7-16-9-12/h5-9H,4H2,1-3H3,(H,18,19). The summed E-state index contributed by atoms with van der Waals surface area (Å²) < 4.78 is 34.6. The smallest absolute Gasteiger partial charge is 0.266 e. The summed E-state index contributed by atoms with van der Waals surface area (Å²) in [4.78, 5) is 4.15. The Bertz CT molecular complexity index is 960. The fraction of sp³-hybridized carbons (Fsp3) is 0.267. The van der Waals surface area contributed by atoms with Gasteiger partial charge in [-0.05, 0) is 32.9 Å². The van der Waals surface area contributed by atoms with Crippen molar-refractivity contribution in [3.63, 3.8) is 0 Å². The van der Waals surface area contributed by atoms with Crippen molar-refractivity contribution in [3.8, 4) is 11.3 Å². The molecule has 0 fully saturated rings. The van der Waals surface area contributed by atoms with Gasteiger partial charge < -0.3 is 4.52 Å². The highest BCUT2D eigenvalue weighted by molar-refractivity contribution is 7.92. The molecule has 3 heterocycles. The fourth-order valence-electron chi connectivity index (χ4n) is 2.53. The van der Waals surface area contributed by atoms with Gasteiger partial charge in [-0.3, -0.25) is 14.4 Å². The molecule has 3 rings (SSSR count). The third-order valence-corrected chi connectivity index (χ3v) is 5.18. The van der Waals surface area contributed by atoms with E-state index >= 15 is 0 Å². The molecule has 3 aromatic rings. The van der Waals surface area contributed by atoms with E-state index in [4.69, 9.17) is 4.52 Å². The quantitative estimate of drug-likeness (QED) is 0.760. The van der Waals surface area contributed by atoms with E-state index in [9.17, 15) is 8.42 Å². The first-order valence-corrected chi connectivity index (χ1v) is 8.84. The van der Waals surface area contributed by atoms with Crippen LogP contribution in [0.15, 0.2) is 40.0 Å². The molecule has 0 spiro atoms. The van der Waals surface area contributed by atoms with Gasteiger partial charge in [-0.2, -0.15) is 5.10 Å². The lowest BCUT2D eigenvalue weighted by Crippen LogP contribution is -2.15. The minimum absolute atomic E-state index is 0.108. The Morgan fingerprint density at radius 3 is 2.75 bits per heavy atom. The maximum atomic E-state index is 12.7. The summed E-state index contributed by atoms with van der Waals surface area (Å²) in [7, 11) is -3.80. The lowest BCUT2D eigenvalue weighted by atomic mass is 10.2. The lowest BCUT2D eigenvalue weighted by Gasteiger charge is -2.05. The number of hydrogen-bond donors (Lipinski definition) is 1. The van der Waals surface area contributed by atoms with Crippen LogP contribution < -0.4 is 4.72 Å². The summed E-state index contributed by atoms with van der Waals surface area (Å²) >= 11 is 0. The van der Waals surface area contributed by atoms with E-state index in [0.717, 1.165) is 0 Å². The normalized spacial score (nSPS) is 11.6. The monoisotopic (exact) mass is 347 g/mol. The van der Waals surface area contributed by atoms with Crippen molar-refractivity contribution in [2.75, 3.05) is 4.72 Å². The zero-order valence-corrected chi connectivity index (χ0v) is 14.3. The Labute approximate surface area is 139 Å².